The Hall–Kier alpha value is 0.0900. The van der Waals surface area contributed by atoms with Gasteiger partial charge in [-0.05, 0) is 12.5 Å². The first-order chi connectivity index (χ1) is 2.27. The van der Waals surface area contributed by atoms with E-state index in [0.29, 0.717) is 0 Å². The van der Waals surface area contributed by atoms with Crippen LogP contribution in [0, 0.1) is 0 Å². The Morgan fingerprint density at radius 2 is 1.80 bits per heavy atom. The quantitative estimate of drug-likeness (QED) is 0.462. The zero-order valence-corrected chi connectivity index (χ0v) is 4.63. The Balaban J connectivity index is 2.83. The van der Waals surface area contributed by atoms with Gasteiger partial charge in [-0.3, -0.25) is 0 Å². The molecule has 0 aromatic heterocycles. The lowest BCUT2D eigenvalue weighted by molar-refractivity contribution is 2.27. The van der Waals surface area contributed by atoms with Crippen LogP contribution in [0.15, 0.2) is 12.0 Å². The van der Waals surface area contributed by atoms with E-state index in [4.69, 9.17) is 0 Å². The Morgan fingerprint density at radius 3 is 1.80 bits per heavy atom. The molecule has 0 aliphatic rings. The van der Waals surface area contributed by atoms with E-state index in [0.717, 1.165) is 0 Å². The summed E-state index contributed by atoms with van der Waals surface area (Å²) >= 11 is 0. The van der Waals surface area contributed by atoms with Gasteiger partial charge in [0.25, 0.3) is 0 Å². The van der Waals surface area contributed by atoms with Crippen molar-refractivity contribution in [3.05, 3.63) is 12.0 Å². The molecule has 0 N–H and O–H groups in total. The molecule has 5 heavy (non-hydrogen) atoms. The summed E-state index contributed by atoms with van der Waals surface area (Å²) in [5.41, 5.74) is 0. The summed E-state index contributed by atoms with van der Waals surface area (Å²) in [5, 5.41) is 1.98. The third-order valence-corrected chi connectivity index (χ3v) is 1.10. The van der Waals surface area contributed by atoms with Crippen LogP contribution in [0.5, 0.6) is 0 Å². The molecule has 0 aromatic rings. The summed E-state index contributed by atoms with van der Waals surface area (Å²) in [6.45, 7) is 3.59. The summed E-state index contributed by atoms with van der Waals surface area (Å²) in [6, 6.07) is 0. The van der Waals surface area contributed by atoms with Crippen LogP contribution >= 0.6 is 10.9 Å². The van der Waals surface area contributed by atoms with E-state index in [-0.39, 0.29) is 10.9 Å². The van der Waals surface area contributed by atoms with Crippen molar-refractivity contribution in [2.45, 2.75) is 0 Å². The maximum absolute atomic E-state index is 3.59. The second-order valence-electron chi connectivity index (χ2n) is 1.15. The van der Waals surface area contributed by atoms with Gasteiger partial charge >= 0.3 is 0 Å². The third-order valence-electron chi connectivity index (χ3n) is 0.365. The summed E-state index contributed by atoms with van der Waals surface area (Å²) in [4.78, 5) is 0. The molecule has 0 fully saturated rings. The van der Waals surface area contributed by atoms with Gasteiger partial charge in [0.1, 0.15) is 0 Å². The molecule has 0 aromatic carbocycles. The van der Waals surface area contributed by atoms with Crippen molar-refractivity contribution in [3.63, 3.8) is 0 Å². The molecule has 0 radical (unpaired) electrons. The summed E-state index contributed by atoms with van der Waals surface area (Å²) in [7, 11) is 0.166. The van der Waals surface area contributed by atoms with Crippen molar-refractivity contribution >= 4 is 10.9 Å². The lowest BCUT2D eigenvalue weighted by atomic mass is 11.3. The van der Waals surface area contributed by atoms with E-state index in [1.165, 1.54) is 0 Å². The standard InChI is InChI=1S/C4H10S/c1-4-5(2)3/h4-5H,1H2,2-3H3. The molecule has 0 aliphatic heterocycles. The molecule has 0 spiro atoms. The average molecular weight is 90.2 g/mol. The van der Waals surface area contributed by atoms with Crippen LogP contribution in [0.4, 0.5) is 0 Å². The van der Waals surface area contributed by atoms with Crippen LogP contribution in [-0.4, -0.2) is 12.5 Å². The van der Waals surface area contributed by atoms with Crippen LogP contribution in [0.3, 0.4) is 0 Å². The first kappa shape index (κ1) is 5.09. The Labute approximate surface area is 36.2 Å². The van der Waals surface area contributed by atoms with Crippen LogP contribution in [-0.2, 0) is 0 Å². The fraction of sp³-hybridized carbons (Fsp3) is 0.500. The van der Waals surface area contributed by atoms with E-state index in [1.807, 2.05) is 5.41 Å². The van der Waals surface area contributed by atoms with E-state index < -0.39 is 0 Å². The van der Waals surface area contributed by atoms with E-state index in [9.17, 15) is 0 Å². The molecular formula is C4H10S. The number of rotatable bonds is 1. The average Bonchev–Trinajstić information content (AvgIpc) is 1.38. The SMILES string of the molecule is C=C[SH](C)C. The molecule has 1 heteroatoms. The van der Waals surface area contributed by atoms with Gasteiger partial charge in [-0.2, -0.15) is 0 Å². The zero-order valence-electron chi connectivity index (χ0n) is 3.73. The highest BCUT2D eigenvalue weighted by atomic mass is 32.2. The predicted octanol–water partition coefficient (Wildman–Crippen LogP) is 1.39. The molecule has 0 unspecified atom stereocenters. The minimum absolute atomic E-state index is 0.166. The van der Waals surface area contributed by atoms with E-state index in [2.05, 4.69) is 19.1 Å². The van der Waals surface area contributed by atoms with Crippen LogP contribution in [0.25, 0.3) is 0 Å². The van der Waals surface area contributed by atoms with Gasteiger partial charge in [-0.15, -0.1) is 0 Å². The first-order valence-electron chi connectivity index (χ1n) is 1.56. The molecule has 0 nitrogen and oxygen atoms in total. The molecule has 32 valence electrons. The largest absolute Gasteiger partial charge is 0.240 e. The molecule has 0 saturated heterocycles. The smallest absolute Gasteiger partial charge is 0.0339 e. The van der Waals surface area contributed by atoms with Crippen molar-refractivity contribution in [1.29, 1.82) is 0 Å². The van der Waals surface area contributed by atoms with Gasteiger partial charge in [0.2, 0.25) is 0 Å². The molecule has 0 atom stereocenters. The first-order valence-corrected chi connectivity index (χ1v) is 3.87. The minimum atomic E-state index is 0.166. The number of hydrogen-bond donors (Lipinski definition) is 1. The molecular weight excluding hydrogens is 80.1 g/mol. The van der Waals surface area contributed by atoms with Crippen molar-refractivity contribution in [2.24, 2.45) is 0 Å². The molecule has 0 saturated carbocycles. The fourth-order valence-corrected chi connectivity index (χ4v) is 0. The number of hydrogen-bond acceptors (Lipinski definition) is 0. The van der Waals surface area contributed by atoms with Gasteiger partial charge < -0.3 is 0 Å². The van der Waals surface area contributed by atoms with Gasteiger partial charge in [0, 0.05) is 0 Å². The fourth-order valence-electron chi connectivity index (χ4n) is 0. The summed E-state index contributed by atoms with van der Waals surface area (Å²) < 4.78 is 0. The topological polar surface area (TPSA) is 0 Å². The maximum atomic E-state index is 3.59. The highest BCUT2D eigenvalue weighted by Crippen LogP contribution is 2.11. The van der Waals surface area contributed by atoms with Crippen molar-refractivity contribution in [3.8, 4) is 0 Å². The minimum Gasteiger partial charge on any atom is -0.240 e. The number of thiol groups is 1. The molecule has 0 heterocycles. The van der Waals surface area contributed by atoms with Crippen LogP contribution in [0.2, 0.25) is 0 Å². The van der Waals surface area contributed by atoms with Crippen LogP contribution in [0.1, 0.15) is 0 Å². The maximum Gasteiger partial charge on any atom is -0.0339 e. The van der Waals surface area contributed by atoms with Crippen molar-refractivity contribution in [1.82, 2.24) is 0 Å². The highest BCUT2D eigenvalue weighted by Gasteiger charge is 1.65. The summed E-state index contributed by atoms with van der Waals surface area (Å²) in [5.74, 6) is 0. The van der Waals surface area contributed by atoms with Gasteiger partial charge in [0.15, 0.2) is 0 Å². The second-order valence-corrected chi connectivity index (χ2v) is 3.44. The third kappa shape index (κ3) is 4.09. The molecule has 0 amide bonds. The van der Waals surface area contributed by atoms with Crippen molar-refractivity contribution in [2.75, 3.05) is 12.5 Å². The van der Waals surface area contributed by atoms with Crippen LogP contribution < -0.4 is 0 Å². The summed E-state index contributed by atoms with van der Waals surface area (Å²) in [6.07, 6.45) is 4.34. The van der Waals surface area contributed by atoms with Crippen molar-refractivity contribution < 1.29 is 0 Å². The molecule has 0 bridgehead atoms. The normalized spacial score (nSPS) is 10.4. The van der Waals surface area contributed by atoms with E-state index >= 15 is 0 Å². The Morgan fingerprint density at radius 1 is 1.60 bits per heavy atom. The lowest BCUT2D eigenvalue weighted by Crippen LogP contribution is -1.55. The lowest BCUT2D eigenvalue weighted by Gasteiger charge is -1.92. The predicted molar refractivity (Wildman–Crippen MR) is 31.0 cm³/mol. The second kappa shape index (κ2) is 2.33. The van der Waals surface area contributed by atoms with Gasteiger partial charge in [-0.1, -0.05) is 12.0 Å². The van der Waals surface area contributed by atoms with Gasteiger partial charge in [0.05, 0.1) is 0 Å². The Bertz CT molecular complexity index is 30.6. The van der Waals surface area contributed by atoms with E-state index in [1.54, 1.807) is 0 Å². The Kier molecular flexibility index (Phi) is 2.38. The molecule has 0 aliphatic carbocycles. The monoisotopic (exact) mass is 90.1 g/mol. The molecule has 0 rings (SSSR count). The highest BCUT2D eigenvalue weighted by molar-refractivity contribution is 8.18. The zero-order chi connectivity index (χ0) is 4.28. The van der Waals surface area contributed by atoms with Gasteiger partial charge in [-0.25, -0.2) is 10.9 Å².